The van der Waals surface area contributed by atoms with Gasteiger partial charge in [0.15, 0.2) is 0 Å². The van der Waals surface area contributed by atoms with E-state index in [4.69, 9.17) is 4.98 Å². The average Bonchev–Trinajstić information content (AvgIpc) is 3.19. The van der Waals surface area contributed by atoms with Gasteiger partial charge in [0.25, 0.3) is 0 Å². The zero-order chi connectivity index (χ0) is 15.3. The van der Waals surface area contributed by atoms with Gasteiger partial charge < -0.3 is 4.98 Å². The second-order valence-corrected chi connectivity index (χ2v) is 6.76. The van der Waals surface area contributed by atoms with Crippen LogP contribution in [0.15, 0.2) is 60.9 Å². The smallest absolute Gasteiger partial charge is 0.0702 e. The van der Waals surface area contributed by atoms with Crippen LogP contribution in [0.5, 0.6) is 0 Å². The molecule has 1 N–H and O–H groups in total. The van der Waals surface area contributed by atoms with Gasteiger partial charge in [-0.05, 0) is 42.8 Å². The van der Waals surface area contributed by atoms with E-state index >= 15 is 0 Å². The molecule has 3 aromatic rings. The maximum absolute atomic E-state index is 4.76. The number of hydrogen-bond acceptors (Lipinski definition) is 2. The van der Waals surface area contributed by atoms with Crippen LogP contribution in [0, 0.1) is 0 Å². The molecule has 5 rings (SSSR count). The van der Waals surface area contributed by atoms with Crippen LogP contribution in [-0.4, -0.2) is 34.5 Å². The van der Waals surface area contributed by atoms with Crippen molar-refractivity contribution in [3.05, 3.63) is 66.5 Å². The van der Waals surface area contributed by atoms with Crippen molar-refractivity contribution in [1.82, 2.24) is 14.9 Å². The van der Waals surface area contributed by atoms with E-state index in [-0.39, 0.29) is 5.41 Å². The molecule has 3 heteroatoms. The first-order valence-electron chi connectivity index (χ1n) is 8.27. The molecule has 0 saturated carbocycles. The minimum atomic E-state index is 0.189. The molecule has 2 aliphatic heterocycles. The predicted octanol–water partition coefficient (Wildman–Crippen LogP) is 3.74. The van der Waals surface area contributed by atoms with Gasteiger partial charge in [-0.25, -0.2) is 0 Å². The van der Waals surface area contributed by atoms with E-state index in [2.05, 4.69) is 64.6 Å². The highest BCUT2D eigenvalue weighted by atomic mass is 15.2. The molecule has 0 aliphatic carbocycles. The number of aromatic amines is 1. The summed E-state index contributed by atoms with van der Waals surface area (Å²) in [6.45, 7) is 3.43. The van der Waals surface area contributed by atoms with Gasteiger partial charge >= 0.3 is 0 Å². The minimum absolute atomic E-state index is 0.189. The summed E-state index contributed by atoms with van der Waals surface area (Å²) in [6, 6.07) is 13.0. The number of fused-ring (bicyclic) bond motifs is 3. The maximum Gasteiger partial charge on any atom is 0.0702 e. The molecule has 0 radical (unpaired) electrons. The lowest BCUT2D eigenvalue weighted by Crippen LogP contribution is -2.33. The zero-order valence-corrected chi connectivity index (χ0v) is 13.0. The molecule has 1 fully saturated rings. The standard InChI is InChI=1S/C20H19N3/c1-7-20(8-11-23(10-1)14-20)17-3-5-19(22-13-17)15-2-4-18-16(12-15)6-9-21-18/h1-7,9,12-13,21H,8,10-11,14H2. The van der Waals surface area contributed by atoms with E-state index in [0.29, 0.717) is 0 Å². The van der Waals surface area contributed by atoms with Crippen molar-refractivity contribution in [1.29, 1.82) is 0 Å². The number of pyridine rings is 1. The third-order valence-electron chi connectivity index (χ3n) is 5.37. The van der Waals surface area contributed by atoms with Crippen LogP contribution < -0.4 is 0 Å². The number of rotatable bonds is 2. The maximum atomic E-state index is 4.76. The normalized spacial score (nSPS) is 26.0. The molecule has 2 aromatic heterocycles. The first kappa shape index (κ1) is 13.1. The van der Waals surface area contributed by atoms with Gasteiger partial charge in [0.05, 0.1) is 5.69 Å². The largest absolute Gasteiger partial charge is 0.361 e. The van der Waals surface area contributed by atoms with E-state index in [1.165, 1.54) is 35.0 Å². The van der Waals surface area contributed by atoms with Crippen LogP contribution in [0.4, 0.5) is 0 Å². The van der Waals surface area contributed by atoms with E-state index in [0.717, 1.165) is 18.8 Å². The molecular weight excluding hydrogens is 282 g/mol. The molecule has 1 saturated heterocycles. The van der Waals surface area contributed by atoms with E-state index in [1.54, 1.807) is 0 Å². The topological polar surface area (TPSA) is 31.9 Å². The fourth-order valence-corrected chi connectivity index (χ4v) is 4.04. The minimum Gasteiger partial charge on any atom is -0.361 e. The number of nitrogens with zero attached hydrogens (tertiary/aromatic N) is 2. The van der Waals surface area contributed by atoms with Crippen LogP contribution >= 0.6 is 0 Å². The molecule has 2 unspecified atom stereocenters. The van der Waals surface area contributed by atoms with Gasteiger partial charge in [-0.3, -0.25) is 9.88 Å². The Bertz CT molecular complexity index is 891. The Balaban J connectivity index is 1.52. The molecule has 0 spiro atoms. The third kappa shape index (κ3) is 2.04. The summed E-state index contributed by atoms with van der Waals surface area (Å²) < 4.78 is 0. The van der Waals surface area contributed by atoms with E-state index < -0.39 is 0 Å². The number of nitrogens with one attached hydrogen (secondary N) is 1. The van der Waals surface area contributed by atoms with Crippen LogP contribution in [0.25, 0.3) is 22.2 Å². The Labute approximate surface area is 135 Å². The summed E-state index contributed by atoms with van der Waals surface area (Å²) in [6.07, 6.45) is 9.98. The van der Waals surface area contributed by atoms with Gasteiger partial charge in [0.1, 0.15) is 0 Å². The summed E-state index contributed by atoms with van der Waals surface area (Å²) in [7, 11) is 0. The SMILES string of the molecule is C1=CC2(c3ccc(-c4ccc5[nH]ccc5c4)nc3)CCN(C1)C2. The summed E-state index contributed by atoms with van der Waals surface area (Å²) in [5.74, 6) is 0. The fourth-order valence-electron chi connectivity index (χ4n) is 4.04. The molecule has 2 aliphatic rings. The molecule has 23 heavy (non-hydrogen) atoms. The molecule has 4 heterocycles. The quantitative estimate of drug-likeness (QED) is 0.731. The lowest BCUT2D eigenvalue weighted by Gasteiger charge is -2.29. The Morgan fingerprint density at radius 3 is 3.04 bits per heavy atom. The lowest BCUT2D eigenvalue weighted by molar-refractivity contribution is 0.345. The summed E-state index contributed by atoms with van der Waals surface area (Å²) in [5.41, 5.74) is 4.93. The number of hydrogen-bond donors (Lipinski definition) is 1. The second-order valence-electron chi connectivity index (χ2n) is 6.76. The molecule has 2 bridgehead atoms. The molecule has 1 aromatic carbocycles. The predicted molar refractivity (Wildman–Crippen MR) is 93.4 cm³/mol. The van der Waals surface area contributed by atoms with Crippen molar-refractivity contribution in [3.8, 4) is 11.3 Å². The first-order valence-corrected chi connectivity index (χ1v) is 8.27. The van der Waals surface area contributed by atoms with Crippen LogP contribution in [0.2, 0.25) is 0 Å². The summed E-state index contributed by atoms with van der Waals surface area (Å²) in [4.78, 5) is 10.5. The lowest BCUT2D eigenvalue weighted by atomic mass is 9.79. The van der Waals surface area contributed by atoms with Crippen molar-refractivity contribution >= 4 is 10.9 Å². The molecule has 114 valence electrons. The summed E-state index contributed by atoms with van der Waals surface area (Å²) in [5, 5.41) is 1.23. The molecule has 3 nitrogen and oxygen atoms in total. The molecular formula is C20H19N3. The van der Waals surface area contributed by atoms with Crippen molar-refractivity contribution < 1.29 is 0 Å². The van der Waals surface area contributed by atoms with Crippen molar-refractivity contribution in [2.75, 3.05) is 19.6 Å². The van der Waals surface area contributed by atoms with Gasteiger partial charge in [-0.2, -0.15) is 0 Å². The van der Waals surface area contributed by atoms with Crippen LogP contribution in [-0.2, 0) is 5.41 Å². The van der Waals surface area contributed by atoms with Gasteiger partial charge in [-0.1, -0.05) is 24.3 Å². The number of aromatic nitrogens is 2. The molecule has 0 amide bonds. The van der Waals surface area contributed by atoms with E-state index in [9.17, 15) is 0 Å². The van der Waals surface area contributed by atoms with Crippen molar-refractivity contribution in [2.45, 2.75) is 11.8 Å². The van der Waals surface area contributed by atoms with Crippen LogP contribution in [0.1, 0.15) is 12.0 Å². The monoisotopic (exact) mass is 301 g/mol. The average molecular weight is 301 g/mol. The van der Waals surface area contributed by atoms with Crippen LogP contribution in [0.3, 0.4) is 0 Å². The first-order chi connectivity index (χ1) is 11.3. The van der Waals surface area contributed by atoms with Crippen molar-refractivity contribution in [3.63, 3.8) is 0 Å². The number of H-pyrrole nitrogens is 1. The Kier molecular flexibility index (Phi) is 2.73. The summed E-state index contributed by atoms with van der Waals surface area (Å²) >= 11 is 0. The van der Waals surface area contributed by atoms with Gasteiger partial charge in [0.2, 0.25) is 0 Å². The van der Waals surface area contributed by atoms with Gasteiger partial charge in [0, 0.05) is 47.4 Å². The van der Waals surface area contributed by atoms with Gasteiger partial charge in [-0.15, -0.1) is 0 Å². The highest BCUT2D eigenvalue weighted by Crippen LogP contribution is 2.38. The zero-order valence-electron chi connectivity index (χ0n) is 13.0. The highest BCUT2D eigenvalue weighted by molar-refractivity contribution is 5.84. The Hall–Kier alpha value is -2.39. The Morgan fingerprint density at radius 2 is 2.13 bits per heavy atom. The highest BCUT2D eigenvalue weighted by Gasteiger charge is 2.39. The Morgan fingerprint density at radius 1 is 1.13 bits per heavy atom. The van der Waals surface area contributed by atoms with E-state index in [1.807, 2.05) is 6.20 Å². The molecule has 2 atom stereocenters. The third-order valence-corrected chi connectivity index (χ3v) is 5.37. The second kappa shape index (κ2) is 4.80. The van der Waals surface area contributed by atoms with Crippen molar-refractivity contribution in [2.24, 2.45) is 0 Å². The number of benzene rings is 1. The fraction of sp³-hybridized carbons (Fsp3) is 0.250.